The maximum absolute atomic E-state index is 5.33. The molecule has 0 amide bonds. The van der Waals surface area contributed by atoms with E-state index in [9.17, 15) is 0 Å². The van der Waals surface area contributed by atoms with Crippen LogP contribution in [0.1, 0.15) is 33.1 Å². The van der Waals surface area contributed by atoms with Crippen molar-refractivity contribution in [1.29, 1.82) is 0 Å². The van der Waals surface area contributed by atoms with Crippen molar-refractivity contribution in [1.82, 2.24) is 0 Å². The number of hydrogen-bond acceptors (Lipinski definition) is 2. The van der Waals surface area contributed by atoms with Gasteiger partial charge in [-0.25, -0.2) is 0 Å². The second-order valence-electron chi connectivity index (χ2n) is 4.92. The van der Waals surface area contributed by atoms with E-state index in [1.165, 1.54) is 19.3 Å². The van der Waals surface area contributed by atoms with Crippen LogP contribution in [0.5, 0.6) is 0 Å². The summed E-state index contributed by atoms with van der Waals surface area (Å²) in [6, 6.07) is 0. The summed E-state index contributed by atoms with van der Waals surface area (Å²) < 4.78 is 10.6. The van der Waals surface area contributed by atoms with Crippen LogP contribution in [0.25, 0.3) is 0 Å². The Morgan fingerprint density at radius 1 is 1.20 bits per heavy atom. The van der Waals surface area contributed by atoms with E-state index in [2.05, 4.69) is 26.0 Å². The van der Waals surface area contributed by atoms with Gasteiger partial charge in [0.1, 0.15) is 0 Å². The van der Waals surface area contributed by atoms with Gasteiger partial charge in [0, 0.05) is 0 Å². The van der Waals surface area contributed by atoms with E-state index in [1.54, 1.807) is 0 Å². The van der Waals surface area contributed by atoms with Gasteiger partial charge < -0.3 is 9.47 Å². The molecular formula is C13H22O2. The summed E-state index contributed by atoms with van der Waals surface area (Å²) in [6.45, 7) is 6.43. The number of ether oxygens (including phenoxy) is 2. The molecule has 0 radical (unpaired) electrons. The van der Waals surface area contributed by atoms with Crippen LogP contribution in [0, 0.1) is 11.8 Å². The zero-order chi connectivity index (χ0) is 10.7. The molecule has 2 rings (SSSR count). The molecule has 0 saturated carbocycles. The molecule has 2 saturated heterocycles. The topological polar surface area (TPSA) is 25.1 Å². The minimum atomic E-state index is 0.558. The van der Waals surface area contributed by atoms with Crippen LogP contribution >= 0.6 is 0 Å². The zero-order valence-electron chi connectivity index (χ0n) is 9.82. The molecule has 0 N–H and O–H groups in total. The predicted molar refractivity (Wildman–Crippen MR) is 60.8 cm³/mol. The van der Waals surface area contributed by atoms with Gasteiger partial charge in [0.15, 0.2) is 0 Å². The number of rotatable bonds is 7. The van der Waals surface area contributed by atoms with Gasteiger partial charge >= 0.3 is 0 Å². The van der Waals surface area contributed by atoms with Crippen molar-refractivity contribution in [2.45, 2.75) is 45.3 Å². The molecule has 0 aromatic heterocycles. The first-order valence-electron chi connectivity index (χ1n) is 6.14. The second kappa shape index (κ2) is 5.13. The van der Waals surface area contributed by atoms with Crippen LogP contribution in [0.2, 0.25) is 0 Å². The van der Waals surface area contributed by atoms with E-state index < -0.39 is 0 Å². The highest BCUT2D eigenvalue weighted by molar-refractivity contribution is 4.87. The SMILES string of the molecule is CC=CCC(CC1CO1)C(C)CC1CO1. The van der Waals surface area contributed by atoms with E-state index in [0.29, 0.717) is 12.2 Å². The van der Waals surface area contributed by atoms with E-state index in [4.69, 9.17) is 9.47 Å². The highest BCUT2D eigenvalue weighted by Gasteiger charge is 2.32. The van der Waals surface area contributed by atoms with Crippen molar-refractivity contribution < 1.29 is 9.47 Å². The van der Waals surface area contributed by atoms with E-state index in [-0.39, 0.29) is 0 Å². The third-order valence-corrected chi connectivity index (χ3v) is 3.48. The summed E-state index contributed by atoms with van der Waals surface area (Å²) in [5.74, 6) is 1.54. The molecule has 15 heavy (non-hydrogen) atoms. The number of allylic oxidation sites excluding steroid dienone is 2. The van der Waals surface area contributed by atoms with E-state index in [0.717, 1.165) is 25.0 Å². The molecule has 0 spiro atoms. The first-order chi connectivity index (χ1) is 7.29. The van der Waals surface area contributed by atoms with Crippen LogP contribution in [-0.4, -0.2) is 25.4 Å². The Bertz CT molecular complexity index is 217. The smallest absolute Gasteiger partial charge is 0.0812 e. The van der Waals surface area contributed by atoms with Gasteiger partial charge in [-0.1, -0.05) is 19.1 Å². The largest absolute Gasteiger partial charge is 0.373 e. The highest BCUT2D eigenvalue weighted by Crippen LogP contribution is 2.32. The van der Waals surface area contributed by atoms with Crippen molar-refractivity contribution >= 4 is 0 Å². The fourth-order valence-corrected chi connectivity index (χ4v) is 2.22. The molecule has 0 aliphatic carbocycles. The zero-order valence-corrected chi connectivity index (χ0v) is 9.82. The Balaban J connectivity index is 1.77. The summed E-state index contributed by atoms with van der Waals surface area (Å²) in [5, 5.41) is 0. The van der Waals surface area contributed by atoms with Crippen LogP contribution in [-0.2, 0) is 9.47 Å². The van der Waals surface area contributed by atoms with Crippen molar-refractivity contribution in [3.05, 3.63) is 12.2 Å². The maximum atomic E-state index is 5.33. The number of epoxide rings is 2. The predicted octanol–water partition coefficient (Wildman–Crippen LogP) is 2.78. The lowest BCUT2D eigenvalue weighted by Crippen LogP contribution is -2.15. The summed E-state index contributed by atoms with van der Waals surface area (Å²) in [6.07, 6.45) is 9.23. The van der Waals surface area contributed by atoms with Crippen LogP contribution in [0.15, 0.2) is 12.2 Å². The van der Waals surface area contributed by atoms with Crippen molar-refractivity contribution in [2.75, 3.05) is 13.2 Å². The normalized spacial score (nSPS) is 32.9. The lowest BCUT2D eigenvalue weighted by molar-refractivity contribution is 0.256. The molecule has 0 aromatic rings. The minimum Gasteiger partial charge on any atom is -0.373 e. The monoisotopic (exact) mass is 210 g/mol. The Kier molecular flexibility index (Phi) is 3.81. The molecule has 4 unspecified atom stereocenters. The van der Waals surface area contributed by atoms with Gasteiger partial charge in [-0.2, -0.15) is 0 Å². The average molecular weight is 210 g/mol. The Morgan fingerprint density at radius 2 is 1.80 bits per heavy atom. The van der Waals surface area contributed by atoms with Gasteiger partial charge in [-0.15, -0.1) is 0 Å². The van der Waals surface area contributed by atoms with Crippen molar-refractivity contribution in [2.24, 2.45) is 11.8 Å². The molecule has 4 atom stereocenters. The lowest BCUT2D eigenvalue weighted by atomic mass is 9.84. The van der Waals surface area contributed by atoms with Crippen molar-refractivity contribution in [3.63, 3.8) is 0 Å². The first-order valence-corrected chi connectivity index (χ1v) is 6.14. The molecule has 0 bridgehead atoms. The van der Waals surface area contributed by atoms with Crippen molar-refractivity contribution in [3.8, 4) is 0 Å². The molecule has 0 aromatic carbocycles. The molecule has 2 fully saturated rings. The average Bonchev–Trinajstić information content (AvgIpc) is 3.05. The maximum Gasteiger partial charge on any atom is 0.0812 e. The summed E-state index contributed by atoms with van der Waals surface area (Å²) in [4.78, 5) is 0. The molecule has 2 heteroatoms. The first kappa shape index (κ1) is 11.2. The second-order valence-corrected chi connectivity index (χ2v) is 4.92. The fraction of sp³-hybridized carbons (Fsp3) is 0.846. The minimum absolute atomic E-state index is 0.558. The van der Waals surface area contributed by atoms with Gasteiger partial charge in [-0.05, 0) is 38.0 Å². The highest BCUT2D eigenvalue weighted by atomic mass is 16.6. The third-order valence-electron chi connectivity index (χ3n) is 3.48. The Labute approximate surface area is 92.6 Å². The molecule has 2 heterocycles. The summed E-state index contributed by atoms with van der Waals surface area (Å²) in [7, 11) is 0. The van der Waals surface area contributed by atoms with Gasteiger partial charge in [-0.3, -0.25) is 0 Å². The fourth-order valence-electron chi connectivity index (χ4n) is 2.22. The van der Waals surface area contributed by atoms with Gasteiger partial charge in [0.2, 0.25) is 0 Å². The van der Waals surface area contributed by atoms with Gasteiger partial charge in [0.05, 0.1) is 25.4 Å². The summed E-state index contributed by atoms with van der Waals surface area (Å²) in [5.41, 5.74) is 0. The summed E-state index contributed by atoms with van der Waals surface area (Å²) >= 11 is 0. The Morgan fingerprint density at radius 3 is 2.33 bits per heavy atom. The molecule has 86 valence electrons. The third kappa shape index (κ3) is 3.96. The molecule has 2 aliphatic rings. The lowest BCUT2D eigenvalue weighted by Gasteiger charge is -2.21. The molecule has 2 nitrogen and oxygen atoms in total. The number of hydrogen-bond donors (Lipinski definition) is 0. The van der Waals surface area contributed by atoms with E-state index >= 15 is 0 Å². The van der Waals surface area contributed by atoms with Gasteiger partial charge in [0.25, 0.3) is 0 Å². The van der Waals surface area contributed by atoms with Crippen LogP contribution in [0.4, 0.5) is 0 Å². The van der Waals surface area contributed by atoms with Crippen LogP contribution < -0.4 is 0 Å². The molecule has 2 aliphatic heterocycles. The van der Waals surface area contributed by atoms with E-state index in [1.807, 2.05) is 0 Å². The van der Waals surface area contributed by atoms with Crippen LogP contribution in [0.3, 0.4) is 0 Å². The quantitative estimate of drug-likeness (QED) is 0.477. The Hall–Kier alpha value is -0.340. The standard InChI is InChI=1S/C13H22O2/c1-3-4-5-11(7-13-9-15-13)10(2)6-12-8-14-12/h3-4,10-13H,5-9H2,1-2H3. The molecular weight excluding hydrogens is 188 g/mol.